The summed E-state index contributed by atoms with van der Waals surface area (Å²) in [6.45, 7) is 4.30. The van der Waals surface area contributed by atoms with E-state index in [4.69, 9.17) is 0 Å². The van der Waals surface area contributed by atoms with Crippen LogP contribution in [0.3, 0.4) is 0 Å². The van der Waals surface area contributed by atoms with Gasteiger partial charge in [0, 0.05) is 19.5 Å². The largest absolute Gasteiger partial charge is 0.334 e. The number of tetrazole rings is 1. The lowest BCUT2D eigenvalue weighted by atomic mass is 10.3. The van der Waals surface area contributed by atoms with Crippen molar-refractivity contribution in [3.63, 3.8) is 0 Å². The van der Waals surface area contributed by atoms with E-state index in [1.165, 1.54) is 4.90 Å². The molecule has 0 radical (unpaired) electrons. The van der Waals surface area contributed by atoms with Crippen LogP contribution in [0.25, 0.3) is 0 Å². The smallest absolute Gasteiger partial charge is 0.282 e. The summed E-state index contributed by atoms with van der Waals surface area (Å²) in [6, 6.07) is 0. The second-order valence-electron chi connectivity index (χ2n) is 3.27. The van der Waals surface area contributed by atoms with Gasteiger partial charge in [0.2, 0.25) is 0 Å². The van der Waals surface area contributed by atoms with Crippen LogP contribution in [0.2, 0.25) is 0 Å². The van der Waals surface area contributed by atoms with Gasteiger partial charge in [-0.1, -0.05) is 6.58 Å². The van der Waals surface area contributed by atoms with E-state index in [1.54, 1.807) is 4.68 Å². The van der Waals surface area contributed by atoms with Gasteiger partial charge in [0.25, 0.3) is 5.91 Å². The summed E-state index contributed by atoms with van der Waals surface area (Å²) in [4.78, 5) is 12.7. The highest BCUT2D eigenvalue weighted by molar-refractivity contribution is 5.90. The van der Waals surface area contributed by atoms with E-state index in [0.717, 1.165) is 5.82 Å². The van der Waals surface area contributed by atoms with Crippen molar-refractivity contribution in [2.24, 2.45) is 0 Å². The molecule has 0 spiro atoms. The van der Waals surface area contributed by atoms with Crippen LogP contribution in [0.4, 0.5) is 4.39 Å². The highest BCUT2D eigenvalue weighted by Gasteiger charge is 2.21. The SMILES string of the molecule is C=C(F)C(=O)N1CCc2nnnn2CC1. The van der Waals surface area contributed by atoms with Crippen molar-refractivity contribution in [2.45, 2.75) is 13.0 Å². The molecule has 0 bridgehead atoms. The standard InChI is InChI=1S/C8H10FN5O/c1-6(9)8(15)13-3-2-7-10-11-12-14(7)5-4-13/h1-5H2. The van der Waals surface area contributed by atoms with Gasteiger partial charge in [-0.25, -0.2) is 9.07 Å². The Labute approximate surface area is 85.4 Å². The molecule has 1 aliphatic rings. The molecule has 1 amide bonds. The number of hydrogen-bond donors (Lipinski definition) is 0. The van der Waals surface area contributed by atoms with E-state index in [-0.39, 0.29) is 0 Å². The maximum absolute atomic E-state index is 12.6. The molecule has 6 nitrogen and oxygen atoms in total. The predicted octanol–water partition coefficient (Wildman–Crippen LogP) is -0.459. The molecule has 0 atom stereocenters. The normalized spacial score (nSPS) is 15.7. The molecule has 15 heavy (non-hydrogen) atoms. The Bertz CT molecular complexity index is 379. The molecule has 0 saturated heterocycles. The second-order valence-corrected chi connectivity index (χ2v) is 3.27. The zero-order chi connectivity index (χ0) is 10.8. The number of carbonyl (C=O) groups excluding carboxylic acids is 1. The maximum atomic E-state index is 12.6. The van der Waals surface area contributed by atoms with Gasteiger partial charge in [-0.2, -0.15) is 0 Å². The van der Waals surface area contributed by atoms with Crippen molar-refractivity contribution < 1.29 is 9.18 Å². The summed E-state index contributed by atoms with van der Waals surface area (Å²) >= 11 is 0. The molecule has 2 heterocycles. The molecule has 1 aromatic rings. The van der Waals surface area contributed by atoms with Crippen LogP contribution >= 0.6 is 0 Å². The monoisotopic (exact) mass is 211 g/mol. The molecule has 0 aromatic carbocycles. The van der Waals surface area contributed by atoms with Crippen molar-refractivity contribution in [1.29, 1.82) is 0 Å². The van der Waals surface area contributed by atoms with Crippen molar-refractivity contribution in [3.8, 4) is 0 Å². The summed E-state index contributed by atoms with van der Waals surface area (Å²) in [7, 11) is 0. The third-order valence-electron chi connectivity index (χ3n) is 2.31. The van der Waals surface area contributed by atoms with Crippen LogP contribution in [0.1, 0.15) is 5.82 Å². The van der Waals surface area contributed by atoms with Crippen LogP contribution in [-0.4, -0.2) is 44.1 Å². The third kappa shape index (κ3) is 1.85. The summed E-state index contributed by atoms with van der Waals surface area (Å²) in [5.74, 6) is -0.871. The predicted molar refractivity (Wildman–Crippen MR) is 48.3 cm³/mol. The van der Waals surface area contributed by atoms with Gasteiger partial charge in [-0.15, -0.1) is 5.10 Å². The van der Waals surface area contributed by atoms with Crippen molar-refractivity contribution in [2.75, 3.05) is 13.1 Å². The fourth-order valence-corrected chi connectivity index (χ4v) is 1.51. The van der Waals surface area contributed by atoms with Gasteiger partial charge in [0.05, 0.1) is 6.54 Å². The first-order valence-corrected chi connectivity index (χ1v) is 4.57. The average Bonchev–Trinajstić information content (AvgIpc) is 2.57. The van der Waals surface area contributed by atoms with Crippen molar-refractivity contribution in [3.05, 3.63) is 18.2 Å². The fraction of sp³-hybridized carbons (Fsp3) is 0.500. The summed E-state index contributed by atoms with van der Waals surface area (Å²) in [5, 5.41) is 11.1. The Morgan fingerprint density at radius 2 is 2.20 bits per heavy atom. The Kier molecular flexibility index (Phi) is 2.44. The first-order chi connectivity index (χ1) is 7.18. The van der Waals surface area contributed by atoms with E-state index in [9.17, 15) is 9.18 Å². The minimum atomic E-state index is -0.930. The second kappa shape index (κ2) is 3.76. The maximum Gasteiger partial charge on any atom is 0.282 e. The van der Waals surface area contributed by atoms with E-state index in [2.05, 4.69) is 22.1 Å². The van der Waals surface area contributed by atoms with Gasteiger partial charge in [0.1, 0.15) is 0 Å². The van der Waals surface area contributed by atoms with Crippen LogP contribution in [0.15, 0.2) is 12.4 Å². The minimum Gasteiger partial charge on any atom is -0.334 e. The number of halogens is 1. The lowest BCUT2D eigenvalue weighted by Gasteiger charge is -2.17. The minimum absolute atomic E-state index is 0.403. The molecule has 0 unspecified atom stereocenters. The quantitative estimate of drug-likeness (QED) is 0.590. The summed E-state index contributed by atoms with van der Waals surface area (Å²) < 4.78 is 14.3. The van der Waals surface area contributed by atoms with Gasteiger partial charge >= 0.3 is 0 Å². The van der Waals surface area contributed by atoms with Crippen LogP contribution in [-0.2, 0) is 17.8 Å². The van der Waals surface area contributed by atoms with Gasteiger partial charge in [-0.05, 0) is 10.4 Å². The third-order valence-corrected chi connectivity index (χ3v) is 2.31. The number of amides is 1. The molecular weight excluding hydrogens is 201 g/mol. The van der Waals surface area contributed by atoms with Gasteiger partial charge < -0.3 is 4.90 Å². The Morgan fingerprint density at radius 1 is 1.40 bits per heavy atom. The number of hydrogen-bond acceptors (Lipinski definition) is 4. The number of nitrogens with zero attached hydrogens (tertiary/aromatic N) is 5. The fourth-order valence-electron chi connectivity index (χ4n) is 1.51. The van der Waals surface area contributed by atoms with Gasteiger partial charge in [0.15, 0.2) is 11.7 Å². The lowest BCUT2D eigenvalue weighted by molar-refractivity contribution is -0.128. The number of carbonyl (C=O) groups is 1. The number of aromatic nitrogens is 4. The molecule has 2 rings (SSSR count). The van der Waals surface area contributed by atoms with Crippen LogP contribution in [0, 0.1) is 0 Å². The molecule has 0 saturated carbocycles. The average molecular weight is 211 g/mol. The van der Waals surface area contributed by atoms with E-state index in [0.29, 0.717) is 26.1 Å². The van der Waals surface area contributed by atoms with E-state index >= 15 is 0 Å². The molecule has 0 aliphatic carbocycles. The lowest BCUT2D eigenvalue weighted by Crippen LogP contribution is -2.33. The van der Waals surface area contributed by atoms with Crippen LogP contribution < -0.4 is 0 Å². The van der Waals surface area contributed by atoms with Crippen LogP contribution in [0.5, 0.6) is 0 Å². The van der Waals surface area contributed by atoms with E-state index in [1.807, 2.05) is 0 Å². The molecule has 0 N–H and O–H groups in total. The molecule has 80 valence electrons. The summed E-state index contributed by atoms with van der Waals surface area (Å²) in [6.07, 6.45) is 0.534. The van der Waals surface area contributed by atoms with Crippen molar-refractivity contribution >= 4 is 5.91 Å². The Balaban J connectivity index is 2.08. The first kappa shape index (κ1) is 9.75. The topological polar surface area (TPSA) is 63.9 Å². The highest BCUT2D eigenvalue weighted by Crippen LogP contribution is 2.07. The van der Waals surface area contributed by atoms with Gasteiger partial charge in [-0.3, -0.25) is 4.79 Å². The zero-order valence-electron chi connectivity index (χ0n) is 8.06. The number of rotatable bonds is 1. The highest BCUT2D eigenvalue weighted by atomic mass is 19.1. The zero-order valence-corrected chi connectivity index (χ0v) is 8.06. The molecule has 1 aromatic heterocycles. The first-order valence-electron chi connectivity index (χ1n) is 4.57. The van der Waals surface area contributed by atoms with Crippen molar-refractivity contribution in [1.82, 2.24) is 25.1 Å². The van der Waals surface area contributed by atoms with E-state index < -0.39 is 11.7 Å². The Hall–Kier alpha value is -1.79. The molecular formula is C8H10FN5O. The molecule has 0 fully saturated rings. The summed E-state index contributed by atoms with van der Waals surface area (Å²) in [5.41, 5.74) is 0. The molecule has 1 aliphatic heterocycles. The number of fused-ring (bicyclic) bond motifs is 1. The molecule has 7 heteroatoms. The Morgan fingerprint density at radius 3 is 2.93 bits per heavy atom.